The van der Waals surface area contributed by atoms with Crippen molar-refractivity contribution >= 4 is 26.2 Å². The largest absolute Gasteiger partial charge is 0.480 e. The van der Waals surface area contributed by atoms with E-state index in [1.807, 2.05) is 4.72 Å². The quantitative estimate of drug-likeness (QED) is 0.519. The second-order valence-corrected chi connectivity index (χ2v) is 7.67. The van der Waals surface area contributed by atoms with Crippen LogP contribution in [0.5, 0.6) is 0 Å². The molecule has 1 rings (SSSR count). The Labute approximate surface area is 112 Å². The maximum absolute atomic E-state index is 11.9. The molecule has 1 heterocycles. The number of carbonyl (C=O) groups is 1. The number of hydrogen-bond donors (Lipinski definition) is 3. The summed E-state index contributed by atoms with van der Waals surface area (Å²) in [6.07, 6.45) is 1.45. The molecule has 0 aliphatic carbocycles. The van der Waals surface area contributed by atoms with Crippen LogP contribution < -0.4 is 9.86 Å². The first-order chi connectivity index (χ1) is 8.63. The number of primary sulfonamides is 1. The molecule has 0 aromatic rings. The van der Waals surface area contributed by atoms with Crippen molar-refractivity contribution in [1.29, 1.82) is 0 Å². The third-order valence-corrected chi connectivity index (χ3v) is 5.12. The zero-order valence-corrected chi connectivity index (χ0v) is 11.8. The molecule has 1 unspecified atom stereocenters. The highest BCUT2D eigenvalue weighted by atomic mass is 32.2. The molecule has 0 aromatic heterocycles. The highest BCUT2D eigenvalue weighted by Crippen LogP contribution is 2.19. The van der Waals surface area contributed by atoms with Gasteiger partial charge in [-0.2, -0.15) is 12.7 Å². The number of aliphatic carboxylic acids is 1. The van der Waals surface area contributed by atoms with Crippen molar-refractivity contribution < 1.29 is 26.7 Å². The van der Waals surface area contributed by atoms with Gasteiger partial charge in [-0.05, 0) is 19.3 Å². The van der Waals surface area contributed by atoms with Crippen molar-refractivity contribution in [3.05, 3.63) is 0 Å². The Balaban J connectivity index is 2.72. The van der Waals surface area contributed by atoms with E-state index in [1.54, 1.807) is 0 Å². The molecule has 0 radical (unpaired) electrons. The monoisotopic (exact) mass is 315 g/mol. The molecule has 0 bridgehead atoms. The molecule has 0 aromatic carbocycles. The number of carboxylic acid groups (broad SMARTS) is 1. The normalized spacial score (nSPS) is 22.3. The Bertz CT molecular complexity index is 529. The lowest BCUT2D eigenvalue weighted by Crippen LogP contribution is -2.52. The van der Waals surface area contributed by atoms with Crippen molar-refractivity contribution in [2.45, 2.75) is 25.3 Å². The van der Waals surface area contributed by atoms with Gasteiger partial charge in [0.15, 0.2) is 0 Å². The number of piperidine rings is 1. The molecule has 0 amide bonds. The third-order valence-electron chi connectivity index (χ3n) is 2.72. The lowest BCUT2D eigenvalue weighted by Gasteiger charge is -2.31. The van der Waals surface area contributed by atoms with Crippen LogP contribution in [0.4, 0.5) is 0 Å². The molecular weight excluding hydrogens is 298 g/mol. The van der Waals surface area contributed by atoms with Crippen LogP contribution in [0.2, 0.25) is 0 Å². The van der Waals surface area contributed by atoms with Gasteiger partial charge in [0.1, 0.15) is 6.04 Å². The first-order valence-corrected chi connectivity index (χ1v) is 8.79. The van der Waals surface area contributed by atoms with Crippen molar-refractivity contribution in [3.8, 4) is 0 Å². The summed E-state index contributed by atoms with van der Waals surface area (Å²) < 4.78 is 48.1. The van der Waals surface area contributed by atoms with Gasteiger partial charge in [-0.15, -0.1) is 0 Å². The van der Waals surface area contributed by atoms with Crippen molar-refractivity contribution in [2.75, 3.05) is 18.8 Å². The Hall–Kier alpha value is -0.750. The minimum atomic E-state index is -4.02. The molecule has 11 heteroatoms. The second-order valence-electron chi connectivity index (χ2n) is 4.23. The number of nitrogens with zero attached hydrogens (tertiary/aromatic N) is 1. The van der Waals surface area contributed by atoms with E-state index in [0.29, 0.717) is 12.8 Å². The van der Waals surface area contributed by atoms with Crippen LogP contribution in [0.15, 0.2) is 0 Å². The Morgan fingerprint density at radius 3 is 2.47 bits per heavy atom. The zero-order valence-electron chi connectivity index (χ0n) is 10.1. The molecular formula is C8H17N3O6S2. The molecule has 1 atom stereocenters. The van der Waals surface area contributed by atoms with Gasteiger partial charge in [0, 0.05) is 13.1 Å². The average molecular weight is 315 g/mol. The van der Waals surface area contributed by atoms with Crippen molar-refractivity contribution in [1.82, 2.24) is 9.03 Å². The summed E-state index contributed by atoms with van der Waals surface area (Å²) in [6, 6.07) is -1.11. The van der Waals surface area contributed by atoms with E-state index in [2.05, 4.69) is 0 Å². The number of sulfonamides is 1. The van der Waals surface area contributed by atoms with Crippen LogP contribution in [-0.4, -0.2) is 57.1 Å². The molecule has 112 valence electrons. The van der Waals surface area contributed by atoms with Gasteiger partial charge in [-0.25, -0.2) is 18.3 Å². The fraction of sp³-hybridized carbons (Fsp3) is 0.875. The SMILES string of the molecule is NS(=O)(=O)CCNS(=O)(=O)N1CCCCC1C(=O)O. The number of nitrogens with one attached hydrogen (secondary N) is 1. The average Bonchev–Trinajstić information content (AvgIpc) is 2.27. The molecule has 0 saturated carbocycles. The van der Waals surface area contributed by atoms with Gasteiger partial charge < -0.3 is 5.11 Å². The molecule has 1 aliphatic rings. The highest BCUT2D eigenvalue weighted by Gasteiger charge is 2.36. The fourth-order valence-corrected chi connectivity index (χ4v) is 3.78. The minimum absolute atomic E-state index is 0.0989. The molecule has 19 heavy (non-hydrogen) atoms. The molecule has 1 aliphatic heterocycles. The van der Waals surface area contributed by atoms with E-state index < -0.39 is 38.0 Å². The standard InChI is InChI=1S/C8H17N3O6S2/c9-18(14,15)6-4-10-19(16,17)11-5-2-1-3-7(11)8(12)13/h7,10H,1-6H2,(H,12,13)(H2,9,14,15). The first kappa shape index (κ1) is 16.3. The Kier molecular flexibility index (Phi) is 5.26. The molecule has 0 spiro atoms. The van der Waals surface area contributed by atoms with E-state index in [-0.39, 0.29) is 19.5 Å². The second kappa shape index (κ2) is 6.13. The molecule has 4 N–H and O–H groups in total. The summed E-state index contributed by atoms with van der Waals surface area (Å²) >= 11 is 0. The van der Waals surface area contributed by atoms with Crippen molar-refractivity contribution in [3.63, 3.8) is 0 Å². The minimum Gasteiger partial charge on any atom is -0.480 e. The van der Waals surface area contributed by atoms with E-state index >= 15 is 0 Å². The van der Waals surface area contributed by atoms with Gasteiger partial charge in [-0.3, -0.25) is 4.79 Å². The number of nitrogens with two attached hydrogens (primary N) is 1. The summed E-state index contributed by atoms with van der Waals surface area (Å²) in [5, 5.41) is 13.7. The van der Waals surface area contributed by atoms with Crippen LogP contribution in [0.3, 0.4) is 0 Å². The zero-order chi connectivity index (χ0) is 14.7. The van der Waals surface area contributed by atoms with Crippen LogP contribution in [0.25, 0.3) is 0 Å². The van der Waals surface area contributed by atoms with Gasteiger partial charge >= 0.3 is 5.97 Å². The number of rotatable bonds is 6. The van der Waals surface area contributed by atoms with Gasteiger partial charge in [0.05, 0.1) is 5.75 Å². The van der Waals surface area contributed by atoms with E-state index in [0.717, 1.165) is 4.31 Å². The first-order valence-electron chi connectivity index (χ1n) is 5.63. The summed E-state index contributed by atoms with van der Waals surface area (Å²) in [4.78, 5) is 11.0. The lowest BCUT2D eigenvalue weighted by atomic mass is 10.1. The van der Waals surface area contributed by atoms with E-state index in [9.17, 15) is 21.6 Å². The molecule has 1 fully saturated rings. The molecule has 9 nitrogen and oxygen atoms in total. The topological polar surface area (TPSA) is 147 Å². The number of hydrogen-bond acceptors (Lipinski definition) is 5. The third kappa shape index (κ3) is 5.03. The maximum atomic E-state index is 11.9. The van der Waals surface area contributed by atoms with Gasteiger partial charge in [0.2, 0.25) is 10.0 Å². The van der Waals surface area contributed by atoms with Crippen LogP contribution in [0.1, 0.15) is 19.3 Å². The van der Waals surface area contributed by atoms with Crippen LogP contribution in [-0.2, 0) is 25.0 Å². The summed E-state index contributed by atoms with van der Waals surface area (Å²) in [5.41, 5.74) is 0. The summed E-state index contributed by atoms with van der Waals surface area (Å²) in [6.45, 7) is -0.286. The Morgan fingerprint density at radius 1 is 1.32 bits per heavy atom. The van der Waals surface area contributed by atoms with E-state index in [4.69, 9.17) is 10.2 Å². The van der Waals surface area contributed by atoms with Crippen LogP contribution >= 0.6 is 0 Å². The summed E-state index contributed by atoms with van der Waals surface area (Å²) in [7, 11) is -7.79. The van der Waals surface area contributed by atoms with Gasteiger partial charge in [0.25, 0.3) is 10.2 Å². The van der Waals surface area contributed by atoms with E-state index in [1.165, 1.54) is 0 Å². The molecule has 1 saturated heterocycles. The number of carboxylic acids is 1. The van der Waals surface area contributed by atoms with Crippen molar-refractivity contribution in [2.24, 2.45) is 5.14 Å². The summed E-state index contributed by atoms with van der Waals surface area (Å²) in [5.74, 6) is -1.76. The lowest BCUT2D eigenvalue weighted by molar-refractivity contribution is -0.142. The Morgan fingerprint density at radius 2 is 1.95 bits per heavy atom. The predicted molar refractivity (Wildman–Crippen MR) is 66.9 cm³/mol. The maximum Gasteiger partial charge on any atom is 0.322 e. The predicted octanol–water partition coefficient (Wildman–Crippen LogP) is -1.95. The smallest absolute Gasteiger partial charge is 0.322 e. The van der Waals surface area contributed by atoms with Gasteiger partial charge in [-0.1, -0.05) is 0 Å². The highest BCUT2D eigenvalue weighted by molar-refractivity contribution is 7.89. The van der Waals surface area contributed by atoms with Crippen LogP contribution in [0, 0.1) is 0 Å². The fourth-order valence-electron chi connectivity index (χ4n) is 1.84.